The summed E-state index contributed by atoms with van der Waals surface area (Å²) in [5.41, 5.74) is 1.88. The SMILES string of the molecule is CCCNC1CCCN(c2ccc(F)c(C)c2)C1. The monoisotopic (exact) mass is 250 g/mol. The van der Waals surface area contributed by atoms with Gasteiger partial charge in [0.15, 0.2) is 0 Å². The van der Waals surface area contributed by atoms with Crippen molar-refractivity contribution in [3.05, 3.63) is 29.6 Å². The normalized spacial score (nSPS) is 20.2. The fraction of sp³-hybridized carbons (Fsp3) is 0.600. The lowest BCUT2D eigenvalue weighted by Gasteiger charge is -2.35. The second-order valence-corrected chi connectivity index (χ2v) is 5.17. The van der Waals surface area contributed by atoms with Crippen molar-refractivity contribution < 1.29 is 4.39 Å². The third kappa shape index (κ3) is 3.22. The summed E-state index contributed by atoms with van der Waals surface area (Å²) in [7, 11) is 0. The van der Waals surface area contributed by atoms with Crippen molar-refractivity contribution >= 4 is 5.69 Å². The van der Waals surface area contributed by atoms with Gasteiger partial charge < -0.3 is 10.2 Å². The third-order valence-corrected chi connectivity index (χ3v) is 3.61. The lowest BCUT2D eigenvalue weighted by molar-refractivity contribution is 0.423. The van der Waals surface area contributed by atoms with Gasteiger partial charge in [-0.25, -0.2) is 4.39 Å². The number of hydrogen-bond donors (Lipinski definition) is 1. The fourth-order valence-corrected chi connectivity index (χ4v) is 2.55. The van der Waals surface area contributed by atoms with E-state index in [1.165, 1.54) is 19.3 Å². The molecule has 1 unspecified atom stereocenters. The van der Waals surface area contributed by atoms with E-state index in [9.17, 15) is 4.39 Å². The molecule has 0 radical (unpaired) electrons. The van der Waals surface area contributed by atoms with Gasteiger partial charge in [0, 0.05) is 24.8 Å². The second kappa shape index (κ2) is 6.19. The molecule has 3 heteroatoms. The van der Waals surface area contributed by atoms with Crippen LogP contribution < -0.4 is 10.2 Å². The van der Waals surface area contributed by atoms with Crippen molar-refractivity contribution in [2.45, 2.75) is 39.2 Å². The first-order valence-corrected chi connectivity index (χ1v) is 6.95. The van der Waals surface area contributed by atoms with Gasteiger partial charge in [0.1, 0.15) is 5.82 Å². The molecule has 0 aliphatic carbocycles. The van der Waals surface area contributed by atoms with Crippen molar-refractivity contribution in [3.8, 4) is 0 Å². The Labute approximate surface area is 109 Å². The minimum absolute atomic E-state index is 0.114. The maximum absolute atomic E-state index is 13.3. The van der Waals surface area contributed by atoms with Crippen LogP contribution in [0.15, 0.2) is 18.2 Å². The summed E-state index contributed by atoms with van der Waals surface area (Å²) < 4.78 is 13.3. The van der Waals surface area contributed by atoms with Crippen LogP contribution in [0.3, 0.4) is 0 Å². The molecule has 1 aromatic carbocycles. The van der Waals surface area contributed by atoms with Crippen molar-refractivity contribution in [1.82, 2.24) is 5.32 Å². The molecule has 1 aliphatic heterocycles. The van der Waals surface area contributed by atoms with Crippen molar-refractivity contribution in [2.24, 2.45) is 0 Å². The highest BCUT2D eigenvalue weighted by atomic mass is 19.1. The van der Waals surface area contributed by atoms with Gasteiger partial charge in [-0.1, -0.05) is 6.92 Å². The lowest BCUT2D eigenvalue weighted by atomic mass is 10.0. The molecule has 0 saturated carbocycles. The quantitative estimate of drug-likeness (QED) is 0.883. The Morgan fingerprint density at radius 2 is 2.28 bits per heavy atom. The number of nitrogens with zero attached hydrogens (tertiary/aromatic N) is 1. The van der Waals surface area contributed by atoms with E-state index in [0.717, 1.165) is 30.9 Å². The van der Waals surface area contributed by atoms with Gasteiger partial charge in [0.05, 0.1) is 0 Å². The second-order valence-electron chi connectivity index (χ2n) is 5.17. The van der Waals surface area contributed by atoms with Gasteiger partial charge >= 0.3 is 0 Å². The molecule has 2 nitrogen and oxygen atoms in total. The first-order valence-electron chi connectivity index (χ1n) is 6.95. The molecular weight excluding hydrogens is 227 g/mol. The first kappa shape index (κ1) is 13.3. The predicted molar refractivity (Wildman–Crippen MR) is 74.7 cm³/mol. The van der Waals surface area contributed by atoms with Crippen molar-refractivity contribution in [2.75, 3.05) is 24.5 Å². The summed E-state index contributed by atoms with van der Waals surface area (Å²) in [5, 5.41) is 3.58. The van der Waals surface area contributed by atoms with Crippen LogP contribution in [0.25, 0.3) is 0 Å². The van der Waals surface area contributed by atoms with Crippen LogP contribution in [0.2, 0.25) is 0 Å². The highest BCUT2D eigenvalue weighted by molar-refractivity contribution is 5.49. The molecular formula is C15H23FN2. The van der Waals surface area contributed by atoms with Crippen molar-refractivity contribution in [3.63, 3.8) is 0 Å². The molecule has 2 rings (SSSR count). The van der Waals surface area contributed by atoms with Gasteiger partial charge in [0.25, 0.3) is 0 Å². The van der Waals surface area contributed by atoms with E-state index in [1.54, 1.807) is 6.07 Å². The average molecular weight is 250 g/mol. The molecule has 100 valence electrons. The summed E-state index contributed by atoms with van der Waals surface area (Å²) in [6, 6.07) is 6.00. The highest BCUT2D eigenvalue weighted by Gasteiger charge is 2.19. The summed E-state index contributed by atoms with van der Waals surface area (Å²) >= 11 is 0. The molecule has 1 atom stereocenters. The lowest BCUT2D eigenvalue weighted by Crippen LogP contribution is -2.46. The topological polar surface area (TPSA) is 15.3 Å². The molecule has 18 heavy (non-hydrogen) atoms. The largest absolute Gasteiger partial charge is 0.370 e. The van der Waals surface area contributed by atoms with Gasteiger partial charge in [-0.15, -0.1) is 0 Å². The van der Waals surface area contributed by atoms with Crippen LogP contribution >= 0.6 is 0 Å². The number of piperidine rings is 1. The standard InChI is InChI=1S/C15H23FN2/c1-3-8-17-13-5-4-9-18(11-13)14-6-7-15(16)12(2)10-14/h6-7,10,13,17H,3-5,8-9,11H2,1-2H3. The highest BCUT2D eigenvalue weighted by Crippen LogP contribution is 2.22. The maximum Gasteiger partial charge on any atom is 0.126 e. The number of hydrogen-bond acceptors (Lipinski definition) is 2. The number of halogens is 1. The Morgan fingerprint density at radius 3 is 3.00 bits per heavy atom. The van der Waals surface area contributed by atoms with Crippen molar-refractivity contribution in [1.29, 1.82) is 0 Å². The summed E-state index contributed by atoms with van der Waals surface area (Å²) in [5.74, 6) is -0.114. The maximum atomic E-state index is 13.3. The van der Waals surface area contributed by atoms with Crippen LogP contribution in [-0.2, 0) is 0 Å². The van der Waals surface area contributed by atoms with Crippen LogP contribution in [0, 0.1) is 12.7 Å². The molecule has 0 amide bonds. The van der Waals surface area contributed by atoms with E-state index >= 15 is 0 Å². The number of nitrogens with one attached hydrogen (secondary N) is 1. The molecule has 1 saturated heterocycles. The Kier molecular flexibility index (Phi) is 4.59. The van der Waals surface area contributed by atoms with Crippen LogP contribution in [0.5, 0.6) is 0 Å². The molecule has 0 aromatic heterocycles. The number of rotatable bonds is 4. The molecule has 1 fully saturated rings. The van der Waals surface area contributed by atoms with E-state index in [4.69, 9.17) is 0 Å². The van der Waals surface area contributed by atoms with E-state index in [2.05, 4.69) is 17.1 Å². The van der Waals surface area contributed by atoms with E-state index in [-0.39, 0.29) is 5.82 Å². The number of benzene rings is 1. The van der Waals surface area contributed by atoms with Gasteiger partial charge in [-0.05, 0) is 56.5 Å². The van der Waals surface area contributed by atoms with Crippen LogP contribution in [0.1, 0.15) is 31.7 Å². The smallest absolute Gasteiger partial charge is 0.126 e. The van der Waals surface area contributed by atoms with E-state index < -0.39 is 0 Å². The average Bonchev–Trinajstić information content (AvgIpc) is 2.40. The van der Waals surface area contributed by atoms with Gasteiger partial charge in [0.2, 0.25) is 0 Å². The Morgan fingerprint density at radius 1 is 1.44 bits per heavy atom. The molecule has 1 aromatic rings. The first-order chi connectivity index (χ1) is 8.70. The third-order valence-electron chi connectivity index (χ3n) is 3.61. The zero-order valence-corrected chi connectivity index (χ0v) is 11.4. The minimum Gasteiger partial charge on any atom is -0.370 e. The molecule has 1 aliphatic rings. The summed E-state index contributed by atoms with van der Waals surface area (Å²) in [4.78, 5) is 2.36. The van der Waals surface area contributed by atoms with Gasteiger partial charge in [-0.2, -0.15) is 0 Å². The van der Waals surface area contributed by atoms with Crippen LogP contribution in [-0.4, -0.2) is 25.7 Å². The van der Waals surface area contributed by atoms with Gasteiger partial charge in [-0.3, -0.25) is 0 Å². The zero-order chi connectivity index (χ0) is 13.0. The number of anilines is 1. The van der Waals surface area contributed by atoms with Crippen LogP contribution in [0.4, 0.5) is 10.1 Å². The van der Waals surface area contributed by atoms with E-state index in [1.807, 2.05) is 19.1 Å². The molecule has 1 heterocycles. The molecule has 0 bridgehead atoms. The fourth-order valence-electron chi connectivity index (χ4n) is 2.55. The molecule has 0 spiro atoms. The zero-order valence-electron chi connectivity index (χ0n) is 11.4. The summed E-state index contributed by atoms with van der Waals surface area (Å²) in [6.07, 6.45) is 3.63. The summed E-state index contributed by atoms with van der Waals surface area (Å²) in [6.45, 7) is 7.22. The number of aryl methyl sites for hydroxylation is 1. The van der Waals surface area contributed by atoms with E-state index in [0.29, 0.717) is 6.04 Å². The minimum atomic E-state index is -0.114. The molecule has 1 N–H and O–H groups in total. The Bertz CT molecular complexity index is 392. The Balaban J connectivity index is 2.01. The Hall–Kier alpha value is -1.09. The predicted octanol–water partition coefficient (Wildman–Crippen LogP) is 3.10.